The van der Waals surface area contributed by atoms with Crippen LogP contribution in [0.5, 0.6) is 0 Å². The second-order valence-corrected chi connectivity index (χ2v) is 6.40. The average molecular weight is 327 g/mol. The van der Waals surface area contributed by atoms with Crippen molar-refractivity contribution < 1.29 is 9.21 Å². The van der Waals surface area contributed by atoms with E-state index in [1.807, 2.05) is 36.4 Å². The van der Waals surface area contributed by atoms with Crippen molar-refractivity contribution in [3.8, 4) is 0 Å². The van der Waals surface area contributed by atoms with Gasteiger partial charge < -0.3 is 9.73 Å². The Hall–Kier alpha value is -2.33. The number of rotatable bonds is 3. The molecule has 1 amide bonds. The molecule has 0 bridgehead atoms. The molecule has 1 saturated carbocycles. The summed E-state index contributed by atoms with van der Waals surface area (Å²) in [7, 11) is 0. The van der Waals surface area contributed by atoms with Crippen molar-refractivity contribution in [2.45, 2.75) is 25.2 Å². The van der Waals surface area contributed by atoms with Crippen LogP contribution in [0.4, 0.5) is 5.69 Å². The Morgan fingerprint density at radius 1 is 1.26 bits per heavy atom. The van der Waals surface area contributed by atoms with Gasteiger partial charge in [-0.1, -0.05) is 23.7 Å². The van der Waals surface area contributed by atoms with Gasteiger partial charge in [0.05, 0.1) is 5.41 Å². The minimum Gasteiger partial charge on any atom is -0.441 e. The van der Waals surface area contributed by atoms with Gasteiger partial charge in [-0.3, -0.25) is 4.79 Å². The fourth-order valence-electron chi connectivity index (χ4n) is 2.93. The second kappa shape index (κ2) is 5.10. The van der Waals surface area contributed by atoms with Crippen molar-refractivity contribution in [1.82, 2.24) is 4.98 Å². The zero-order valence-electron chi connectivity index (χ0n) is 12.6. The molecule has 1 heterocycles. The van der Waals surface area contributed by atoms with Gasteiger partial charge in [0.1, 0.15) is 5.52 Å². The molecule has 23 heavy (non-hydrogen) atoms. The van der Waals surface area contributed by atoms with E-state index in [1.54, 1.807) is 13.0 Å². The van der Waals surface area contributed by atoms with Crippen LogP contribution in [0, 0.1) is 6.92 Å². The van der Waals surface area contributed by atoms with E-state index in [0.29, 0.717) is 22.2 Å². The molecule has 1 aromatic heterocycles. The van der Waals surface area contributed by atoms with Gasteiger partial charge in [0.25, 0.3) is 0 Å². The first-order valence-electron chi connectivity index (χ1n) is 7.52. The third-order valence-electron chi connectivity index (χ3n) is 4.32. The number of halogens is 1. The molecule has 0 saturated heterocycles. The number of nitrogens with zero attached hydrogens (tertiary/aromatic N) is 1. The number of nitrogens with one attached hydrogen (secondary N) is 1. The van der Waals surface area contributed by atoms with Crippen molar-refractivity contribution in [2.24, 2.45) is 0 Å². The van der Waals surface area contributed by atoms with E-state index in [0.717, 1.165) is 23.9 Å². The van der Waals surface area contributed by atoms with Crippen molar-refractivity contribution >= 4 is 34.3 Å². The predicted molar refractivity (Wildman–Crippen MR) is 89.7 cm³/mol. The lowest BCUT2D eigenvalue weighted by molar-refractivity contribution is -0.118. The van der Waals surface area contributed by atoms with Crippen molar-refractivity contribution in [3.05, 3.63) is 58.9 Å². The Morgan fingerprint density at radius 3 is 2.83 bits per heavy atom. The predicted octanol–water partition coefficient (Wildman–Crippen LogP) is 4.46. The molecule has 0 aliphatic heterocycles. The Morgan fingerprint density at radius 2 is 2.09 bits per heavy atom. The number of hydrogen-bond acceptors (Lipinski definition) is 3. The molecule has 1 aliphatic rings. The summed E-state index contributed by atoms with van der Waals surface area (Å²) in [6.07, 6.45) is 1.67. The third-order valence-corrected chi connectivity index (χ3v) is 4.55. The molecule has 0 unspecified atom stereocenters. The lowest BCUT2D eigenvalue weighted by Crippen LogP contribution is -2.27. The lowest BCUT2D eigenvalue weighted by Gasteiger charge is -2.16. The lowest BCUT2D eigenvalue weighted by atomic mass is 9.95. The molecular formula is C18H15ClN2O2. The first-order valence-corrected chi connectivity index (χ1v) is 7.89. The zero-order chi connectivity index (χ0) is 16.0. The third kappa shape index (κ3) is 2.49. The number of carbonyl (C=O) groups excluding carboxylic acids is 1. The molecule has 1 N–H and O–H groups in total. The number of carbonyl (C=O) groups is 1. The highest BCUT2D eigenvalue weighted by Gasteiger charge is 2.51. The fourth-order valence-corrected chi connectivity index (χ4v) is 3.12. The number of fused-ring (bicyclic) bond motifs is 1. The van der Waals surface area contributed by atoms with Gasteiger partial charge in [0.2, 0.25) is 5.91 Å². The molecule has 0 atom stereocenters. The van der Waals surface area contributed by atoms with Crippen LogP contribution >= 0.6 is 11.6 Å². The molecule has 116 valence electrons. The van der Waals surface area contributed by atoms with E-state index in [9.17, 15) is 4.79 Å². The number of amides is 1. The van der Waals surface area contributed by atoms with Crippen LogP contribution in [0.1, 0.15) is 24.3 Å². The molecule has 3 aromatic rings. The average Bonchev–Trinajstić information content (AvgIpc) is 3.24. The second-order valence-electron chi connectivity index (χ2n) is 5.96. The highest BCUT2D eigenvalue weighted by molar-refractivity contribution is 6.30. The van der Waals surface area contributed by atoms with E-state index in [1.165, 1.54) is 0 Å². The smallest absolute Gasteiger partial charge is 0.235 e. The van der Waals surface area contributed by atoms with E-state index >= 15 is 0 Å². The van der Waals surface area contributed by atoms with E-state index < -0.39 is 5.41 Å². The van der Waals surface area contributed by atoms with Crippen LogP contribution in [-0.2, 0) is 10.2 Å². The standard InChI is InChI=1S/C18H15ClN2O2/c1-11-20-15-6-5-14(10-16(15)23-11)21-17(22)18(7-8-18)12-3-2-4-13(19)9-12/h2-6,9-10H,7-8H2,1H3,(H,21,22). The van der Waals surface area contributed by atoms with Gasteiger partial charge in [-0.15, -0.1) is 0 Å². The zero-order valence-corrected chi connectivity index (χ0v) is 13.4. The van der Waals surface area contributed by atoms with Gasteiger partial charge in [-0.2, -0.15) is 0 Å². The van der Waals surface area contributed by atoms with Gasteiger partial charge in [0.15, 0.2) is 11.5 Å². The quantitative estimate of drug-likeness (QED) is 0.773. The van der Waals surface area contributed by atoms with E-state index in [4.69, 9.17) is 16.0 Å². The topological polar surface area (TPSA) is 55.1 Å². The molecule has 0 spiro atoms. The minimum absolute atomic E-state index is 0.00430. The molecule has 4 nitrogen and oxygen atoms in total. The summed E-state index contributed by atoms with van der Waals surface area (Å²) in [6, 6.07) is 13.0. The monoisotopic (exact) mass is 326 g/mol. The van der Waals surface area contributed by atoms with Gasteiger partial charge in [-0.05, 0) is 42.7 Å². The first-order chi connectivity index (χ1) is 11.1. The van der Waals surface area contributed by atoms with Crippen LogP contribution in [0.3, 0.4) is 0 Å². The molecule has 1 fully saturated rings. The maximum absolute atomic E-state index is 12.7. The summed E-state index contributed by atoms with van der Waals surface area (Å²) < 4.78 is 5.51. The highest BCUT2D eigenvalue weighted by atomic mass is 35.5. The Balaban J connectivity index is 1.61. The van der Waals surface area contributed by atoms with Crippen LogP contribution in [0.15, 0.2) is 46.9 Å². The highest BCUT2D eigenvalue weighted by Crippen LogP contribution is 2.49. The number of benzene rings is 2. The van der Waals surface area contributed by atoms with Crippen LogP contribution in [0.25, 0.3) is 11.1 Å². The maximum Gasteiger partial charge on any atom is 0.235 e. The maximum atomic E-state index is 12.7. The van der Waals surface area contributed by atoms with Gasteiger partial charge in [0, 0.05) is 23.7 Å². The first kappa shape index (κ1) is 14.3. The molecule has 5 heteroatoms. The van der Waals surface area contributed by atoms with Crippen LogP contribution in [0.2, 0.25) is 5.02 Å². The SMILES string of the molecule is Cc1nc2ccc(NC(=O)C3(c4cccc(Cl)c4)CC3)cc2o1. The van der Waals surface area contributed by atoms with Gasteiger partial charge in [-0.25, -0.2) is 4.98 Å². The van der Waals surface area contributed by atoms with Crippen molar-refractivity contribution in [1.29, 1.82) is 0 Å². The van der Waals surface area contributed by atoms with E-state index in [2.05, 4.69) is 10.3 Å². The summed E-state index contributed by atoms with van der Waals surface area (Å²) in [5, 5.41) is 3.65. The largest absolute Gasteiger partial charge is 0.441 e. The number of aromatic nitrogens is 1. The summed E-state index contributed by atoms with van der Waals surface area (Å²) in [5.74, 6) is 0.608. The fraction of sp³-hybridized carbons (Fsp3) is 0.222. The molecule has 0 radical (unpaired) electrons. The Bertz CT molecular complexity index is 912. The summed E-state index contributed by atoms with van der Waals surface area (Å²) in [6.45, 7) is 1.80. The molecule has 1 aliphatic carbocycles. The Kier molecular flexibility index (Phi) is 3.16. The van der Waals surface area contributed by atoms with E-state index in [-0.39, 0.29) is 5.91 Å². The normalized spacial score (nSPS) is 15.6. The molecule has 2 aromatic carbocycles. The van der Waals surface area contributed by atoms with Crippen LogP contribution < -0.4 is 5.32 Å². The summed E-state index contributed by atoms with van der Waals surface area (Å²) in [5.41, 5.74) is 2.69. The number of anilines is 1. The van der Waals surface area contributed by atoms with Crippen molar-refractivity contribution in [3.63, 3.8) is 0 Å². The Labute approximate surface area is 138 Å². The van der Waals surface area contributed by atoms with Crippen molar-refractivity contribution in [2.75, 3.05) is 5.32 Å². The number of oxazole rings is 1. The number of aryl methyl sites for hydroxylation is 1. The number of hydrogen-bond donors (Lipinski definition) is 1. The van der Waals surface area contributed by atoms with Crippen LogP contribution in [-0.4, -0.2) is 10.9 Å². The minimum atomic E-state index is -0.461. The molecular weight excluding hydrogens is 312 g/mol. The van der Waals surface area contributed by atoms with Gasteiger partial charge >= 0.3 is 0 Å². The summed E-state index contributed by atoms with van der Waals surface area (Å²) >= 11 is 6.06. The molecule has 4 rings (SSSR count). The summed E-state index contributed by atoms with van der Waals surface area (Å²) in [4.78, 5) is 17.0.